The summed E-state index contributed by atoms with van der Waals surface area (Å²) in [6, 6.07) is 61.0. The molecule has 0 spiro atoms. The van der Waals surface area contributed by atoms with Crippen molar-refractivity contribution in [3.8, 4) is 44.5 Å². The molecule has 8 aromatic carbocycles. The summed E-state index contributed by atoms with van der Waals surface area (Å²) < 4.78 is 6.24. The Morgan fingerprint density at radius 3 is 1.51 bits per heavy atom. The molecule has 1 aromatic heterocycles. The van der Waals surface area contributed by atoms with Crippen LogP contribution in [0.1, 0.15) is 0 Å². The molecule has 0 unspecified atom stereocenters. The first-order valence-electron chi connectivity index (χ1n) is 15.4. The average molecular weight is 573 g/mol. The van der Waals surface area contributed by atoms with Crippen LogP contribution < -0.4 is 0 Å². The lowest BCUT2D eigenvalue weighted by atomic mass is 9.83. The predicted octanol–water partition coefficient (Wildman–Crippen LogP) is 12.6. The van der Waals surface area contributed by atoms with Crippen molar-refractivity contribution in [2.75, 3.05) is 0 Å². The van der Waals surface area contributed by atoms with Gasteiger partial charge in [0.1, 0.15) is 11.2 Å². The molecule has 9 rings (SSSR count). The van der Waals surface area contributed by atoms with E-state index < -0.39 is 0 Å². The maximum atomic E-state index is 6.24. The van der Waals surface area contributed by atoms with Crippen LogP contribution in [0.2, 0.25) is 0 Å². The Morgan fingerprint density at radius 1 is 0.267 bits per heavy atom. The smallest absolute Gasteiger partial charge is 0.136 e. The lowest BCUT2D eigenvalue weighted by Gasteiger charge is -2.20. The van der Waals surface area contributed by atoms with Crippen LogP contribution in [-0.4, -0.2) is 0 Å². The van der Waals surface area contributed by atoms with E-state index in [0.717, 1.165) is 27.5 Å². The van der Waals surface area contributed by atoms with Crippen LogP contribution in [0.4, 0.5) is 0 Å². The van der Waals surface area contributed by atoms with Gasteiger partial charge < -0.3 is 4.42 Å². The third kappa shape index (κ3) is 4.17. The molecule has 0 atom stereocenters. The van der Waals surface area contributed by atoms with Gasteiger partial charge in [0.05, 0.1) is 0 Å². The summed E-state index contributed by atoms with van der Waals surface area (Å²) in [4.78, 5) is 0. The van der Waals surface area contributed by atoms with E-state index >= 15 is 0 Å². The third-order valence-corrected chi connectivity index (χ3v) is 9.08. The van der Waals surface area contributed by atoms with Crippen molar-refractivity contribution in [1.29, 1.82) is 0 Å². The molecule has 1 nitrogen and oxygen atoms in total. The summed E-state index contributed by atoms with van der Waals surface area (Å²) in [5, 5.41) is 7.30. The van der Waals surface area contributed by atoms with E-state index in [1.54, 1.807) is 0 Å². The lowest BCUT2D eigenvalue weighted by Crippen LogP contribution is -1.92. The maximum absolute atomic E-state index is 6.24. The third-order valence-electron chi connectivity index (χ3n) is 9.08. The average Bonchev–Trinajstić information content (AvgIpc) is 3.49. The molecule has 9 aromatic rings. The Labute approximate surface area is 261 Å². The summed E-state index contributed by atoms with van der Waals surface area (Å²) in [5.41, 5.74) is 11.6. The summed E-state index contributed by atoms with van der Waals surface area (Å²) >= 11 is 0. The molecule has 0 aliphatic rings. The highest BCUT2D eigenvalue weighted by Gasteiger charge is 2.19. The van der Waals surface area contributed by atoms with Gasteiger partial charge in [-0.15, -0.1) is 0 Å². The first kappa shape index (κ1) is 25.6. The van der Waals surface area contributed by atoms with Crippen molar-refractivity contribution in [2.24, 2.45) is 0 Å². The van der Waals surface area contributed by atoms with Crippen molar-refractivity contribution >= 4 is 43.5 Å². The SMILES string of the molecule is c1ccc(-c2ccccc2-c2c3ccccc3c(-c3cccc(-c4ccc5c(c4)oc4ccccc45)c3)c3ccccc23)cc1. The summed E-state index contributed by atoms with van der Waals surface area (Å²) in [6.07, 6.45) is 0. The number of hydrogen-bond donors (Lipinski definition) is 0. The second kappa shape index (κ2) is 10.4. The van der Waals surface area contributed by atoms with Crippen LogP contribution in [0.5, 0.6) is 0 Å². The van der Waals surface area contributed by atoms with E-state index in [2.05, 4.69) is 158 Å². The van der Waals surface area contributed by atoms with E-state index in [-0.39, 0.29) is 0 Å². The van der Waals surface area contributed by atoms with Gasteiger partial charge in [-0.1, -0.05) is 146 Å². The number of hydrogen-bond acceptors (Lipinski definition) is 1. The molecule has 45 heavy (non-hydrogen) atoms. The zero-order valence-corrected chi connectivity index (χ0v) is 24.6. The van der Waals surface area contributed by atoms with Crippen molar-refractivity contribution in [1.82, 2.24) is 0 Å². The highest BCUT2D eigenvalue weighted by atomic mass is 16.3. The van der Waals surface area contributed by atoms with Gasteiger partial charge in [0.25, 0.3) is 0 Å². The Bertz CT molecular complexity index is 2480. The standard InChI is InChI=1S/C44H28O/c1-2-13-29(14-3-1)33-17-4-5-19-36(33)44-39-22-8-6-20-37(39)43(38-21-7-9-23-40(38)44)32-16-12-15-30(27-32)31-25-26-35-34-18-10-11-24-41(34)45-42(35)28-31/h1-28H. The monoisotopic (exact) mass is 572 g/mol. The molecule has 0 aliphatic heterocycles. The Balaban J connectivity index is 1.28. The topological polar surface area (TPSA) is 13.1 Å². The minimum atomic E-state index is 0.913. The number of fused-ring (bicyclic) bond motifs is 5. The number of rotatable bonds is 4. The van der Waals surface area contributed by atoms with Gasteiger partial charge in [-0.25, -0.2) is 0 Å². The van der Waals surface area contributed by atoms with E-state index in [1.165, 1.54) is 60.5 Å². The number of furan rings is 1. The quantitative estimate of drug-likeness (QED) is 0.191. The Kier molecular flexibility index (Phi) is 5.89. The van der Waals surface area contributed by atoms with Crippen LogP contribution in [-0.2, 0) is 0 Å². The zero-order chi connectivity index (χ0) is 29.7. The molecule has 0 radical (unpaired) electrons. The molecule has 0 aliphatic carbocycles. The van der Waals surface area contributed by atoms with Crippen molar-refractivity contribution in [3.05, 3.63) is 170 Å². The zero-order valence-electron chi connectivity index (χ0n) is 24.6. The van der Waals surface area contributed by atoms with Gasteiger partial charge in [0, 0.05) is 10.8 Å². The lowest BCUT2D eigenvalue weighted by molar-refractivity contribution is 0.669. The van der Waals surface area contributed by atoms with Gasteiger partial charge in [-0.2, -0.15) is 0 Å². The van der Waals surface area contributed by atoms with Gasteiger partial charge >= 0.3 is 0 Å². The summed E-state index contributed by atoms with van der Waals surface area (Å²) in [7, 11) is 0. The number of benzene rings is 8. The van der Waals surface area contributed by atoms with Gasteiger partial charge in [0.15, 0.2) is 0 Å². The highest BCUT2D eigenvalue weighted by molar-refractivity contribution is 6.22. The fraction of sp³-hybridized carbons (Fsp3) is 0. The molecule has 0 saturated carbocycles. The molecule has 0 saturated heterocycles. The first-order chi connectivity index (χ1) is 22.3. The molecular weight excluding hydrogens is 544 g/mol. The van der Waals surface area contributed by atoms with E-state index in [4.69, 9.17) is 4.42 Å². The van der Waals surface area contributed by atoms with Gasteiger partial charge in [-0.05, 0) is 90.3 Å². The van der Waals surface area contributed by atoms with Crippen LogP contribution in [0.15, 0.2) is 174 Å². The fourth-order valence-corrected chi connectivity index (χ4v) is 7.06. The first-order valence-corrected chi connectivity index (χ1v) is 15.4. The highest BCUT2D eigenvalue weighted by Crippen LogP contribution is 2.46. The van der Waals surface area contributed by atoms with Crippen molar-refractivity contribution in [2.45, 2.75) is 0 Å². The largest absolute Gasteiger partial charge is 0.456 e. The van der Waals surface area contributed by atoms with Gasteiger partial charge in [0.2, 0.25) is 0 Å². The molecular formula is C44H28O. The Hall–Kier alpha value is -5.92. The van der Waals surface area contributed by atoms with E-state index in [9.17, 15) is 0 Å². The molecule has 210 valence electrons. The van der Waals surface area contributed by atoms with Crippen molar-refractivity contribution < 1.29 is 4.42 Å². The van der Waals surface area contributed by atoms with E-state index in [0.29, 0.717) is 0 Å². The van der Waals surface area contributed by atoms with Crippen LogP contribution in [0.25, 0.3) is 88.0 Å². The fourth-order valence-electron chi connectivity index (χ4n) is 7.06. The second-order valence-corrected chi connectivity index (χ2v) is 11.6. The second-order valence-electron chi connectivity index (χ2n) is 11.6. The van der Waals surface area contributed by atoms with Crippen molar-refractivity contribution in [3.63, 3.8) is 0 Å². The van der Waals surface area contributed by atoms with Crippen LogP contribution in [0, 0.1) is 0 Å². The van der Waals surface area contributed by atoms with Crippen LogP contribution in [0.3, 0.4) is 0 Å². The minimum Gasteiger partial charge on any atom is -0.456 e. The molecule has 0 bridgehead atoms. The van der Waals surface area contributed by atoms with Gasteiger partial charge in [-0.3, -0.25) is 0 Å². The van der Waals surface area contributed by atoms with E-state index in [1.807, 2.05) is 12.1 Å². The molecule has 0 N–H and O–H groups in total. The molecule has 0 fully saturated rings. The summed E-state index contributed by atoms with van der Waals surface area (Å²) in [5.74, 6) is 0. The molecule has 0 amide bonds. The normalized spacial score (nSPS) is 11.6. The maximum Gasteiger partial charge on any atom is 0.136 e. The Morgan fingerprint density at radius 2 is 0.778 bits per heavy atom. The predicted molar refractivity (Wildman–Crippen MR) is 190 cm³/mol. The molecule has 1 heterocycles. The molecule has 1 heteroatoms. The summed E-state index contributed by atoms with van der Waals surface area (Å²) in [6.45, 7) is 0. The van der Waals surface area contributed by atoms with Crippen LogP contribution >= 0.6 is 0 Å². The number of para-hydroxylation sites is 1. The minimum absolute atomic E-state index is 0.913.